The molecule has 7 nitrogen and oxygen atoms in total. The van der Waals surface area contributed by atoms with Crippen LogP contribution < -0.4 is 11.1 Å². The summed E-state index contributed by atoms with van der Waals surface area (Å²) >= 11 is 0. The van der Waals surface area contributed by atoms with Gasteiger partial charge in [-0.1, -0.05) is 6.07 Å². The molecule has 0 unspecified atom stereocenters. The quantitative estimate of drug-likeness (QED) is 0.876. The molecule has 1 aliphatic carbocycles. The number of fused-ring (bicyclic) bond motifs is 4. The van der Waals surface area contributed by atoms with Crippen molar-refractivity contribution in [2.45, 2.75) is 37.6 Å². The van der Waals surface area contributed by atoms with Crippen LogP contribution in [0.3, 0.4) is 0 Å². The van der Waals surface area contributed by atoms with Crippen LogP contribution in [-0.4, -0.2) is 38.4 Å². The number of nitrogens with zero attached hydrogens (tertiary/aromatic N) is 3. The smallest absolute Gasteiger partial charge is 0.263 e. The Bertz CT molecular complexity index is 1000. The van der Waals surface area contributed by atoms with Crippen molar-refractivity contribution < 1.29 is 4.79 Å². The van der Waals surface area contributed by atoms with Crippen molar-refractivity contribution in [3.63, 3.8) is 0 Å². The number of rotatable bonds is 2. The Morgan fingerprint density at radius 1 is 1.12 bits per heavy atom. The van der Waals surface area contributed by atoms with Gasteiger partial charge in [0, 0.05) is 49.4 Å². The van der Waals surface area contributed by atoms with E-state index >= 15 is 0 Å². The molecule has 1 amide bonds. The van der Waals surface area contributed by atoms with Crippen molar-refractivity contribution >= 4 is 5.91 Å². The highest BCUT2D eigenvalue weighted by Crippen LogP contribution is 2.37. The molecular weight excluding hydrogens is 332 g/mol. The number of aromatic nitrogens is 3. The molecule has 1 saturated heterocycles. The molecule has 1 saturated carbocycles. The predicted molar refractivity (Wildman–Crippen MR) is 94.3 cm³/mol. The highest BCUT2D eigenvalue weighted by atomic mass is 16.2. The Morgan fingerprint density at radius 2 is 1.96 bits per heavy atom. The van der Waals surface area contributed by atoms with Gasteiger partial charge in [-0.25, -0.2) is 4.98 Å². The van der Waals surface area contributed by atoms with E-state index in [-0.39, 0.29) is 34.4 Å². The van der Waals surface area contributed by atoms with Gasteiger partial charge < -0.3 is 14.5 Å². The lowest BCUT2D eigenvalue weighted by atomic mass is 9.83. The Morgan fingerprint density at radius 3 is 2.73 bits per heavy atom. The molecule has 26 heavy (non-hydrogen) atoms. The first-order valence-corrected chi connectivity index (χ1v) is 9.18. The minimum atomic E-state index is -0.348. The van der Waals surface area contributed by atoms with Crippen LogP contribution in [0.15, 0.2) is 34.0 Å². The van der Waals surface area contributed by atoms with Crippen molar-refractivity contribution in [3.05, 3.63) is 62.2 Å². The molecule has 2 aliphatic heterocycles. The number of hydrogen-bond acceptors (Lipinski definition) is 4. The van der Waals surface area contributed by atoms with Crippen LogP contribution in [0.4, 0.5) is 0 Å². The first-order chi connectivity index (χ1) is 12.6. The van der Waals surface area contributed by atoms with Crippen LogP contribution >= 0.6 is 0 Å². The largest absolute Gasteiger partial charge is 0.337 e. The van der Waals surface area contributed by atoms with Gasteiger partial charge in [-0.15, -0.1) is 0 Å². The maximum absolute atomic E-state index is 12.9. The molecule has 3 aliphatic rings. The normalized spacial score (nSPS) is 24.2. The van der Waals surface area contributed by atoms with Crippen LogP contribution in [0, 0.1) is 5.92 Å². The number of aromatic amines is 1. The van der Waals surface area contributed by atoms with E-state index in [0.29, 0.717) is 31.4 Å². The maximum Gasteiger partial charge on any atom is 0.263 e. The Labute approximate surface area is 149 Å². The van der Waals surface area contributed by atoms with Crippen LogP contribution in [0.25, 0.3) is 0 Å². The molecule has 2 aromatic heterocycles. The highest BCUT2D eigenvalue weighted by Gasteiger charge is 2.37. The molecule has 134 valence electrons. The van der Waals surface area contributed by atoms with E-state index in [9.17, 15) is 14.4 Å². The first-order valence-electron chi connectivity index (χ1n) is 9.18. The number of H-pyrrole nitrogens is 1. The van der Waals surface area contributed by atoms with Gasteiger partial charge in [-0.2, -0.15) is 0 Å². The van der Waals surface area contributed by atoms with Crippen LogP contribution in [0.5, 0.6) is 0 Å². The number of likely N-dealkylation sites (tertiary alicyclic amines) is 1. The second-order valence-electron chi connectivity index (χ2n) is 7.69. The molecule has 0 radical (unpaired) electrons. The maximum atomic E-state index is 12.9. The number of carbonyl (C=O) groups is 1. The van der Waals surface area contributed by atoms with Gasteiger partial charge in [-0.3, -0.25) is 14.4 Å². The summed E-state index contributed by atoms with van der Waals surface area (Å²) in [7, 11) is 0. The van der Waals surface area contributed by atoms with Gasteiger partial charge in [0.15, 0.2) is 0 Å². The Kier molecular flexibility index (Phi) is 3.38. The number of amides is 1. The number of hydrogen-bond donors (Lipinski definition) is 1. The number of pyridine rings is 1. The molecule has 0 spiro atoms. The summed E-state index contributed by atoms with van der Waals surface area (Å²) in [5.41, 5.74) is 0.773. The first kappa shape index (κ1) is 15.5. The average molecular weight is 352 g/mol. The number of piperidine rings is 1. The summed E-state index contributed by atoms with van der Waals surface area (Å²) in [6.07, 6.45) is 4.50. The summed E-state index contributed by atoms with van der Waals surface area (Å²) in [5.74, 6) is 1.15. The molecule has 2 aromatic rings. The molecule has 4 heterocycles. The summed E-state index contributed by atoms with van der Waals surface area (Å²) in [5, 5.41) is 0. The van der Waals surface area contributed by atoms with E-state index in [2.05, 4.69) is 9.97 Å². The van der Waals surface area contributed by atoms with E-state index in [0.717, 1.165) is 25.0 Å². The second kappa shape index (κ2) is 5.65. The van der Waals surface area contributed by atoms with Gasteiger partial charge in [0.25, 0.3) is 17.0 Å². The monoisotopic (exact) mass is 352 g/mol. The standard InChI is InChI=1S/C19H20N4O3/c24-16-3-1-2-15-13-6-11(9-23(15)16)8-22(10-13)19(26)14-7-20-17(12-4-5-12)21-18(14)25/h1-3,7,11-13H,4-6,8-10H2,(H,20,21,25)/t11-,13-/m0/s1. The zero-order valence-electron chi connectivity index (χ0n) is 14.4. The van der Waals surface area contributed by atoms with Gasteiger partial charge in [-0.05, 0) is 31.2 Å². The molecule has 7 heteroatoms. The van der Waals surface area contributed by atoms with Gasteiger partial charge in [0.1, 0.15) is 11.4 Å². The van der Waals surface area contributed by atoms with E-state index in [1.807, 2.05) is 10.6 Å². The zero-order valence-corrected chi connectivity index (χ0v) is 14.4. The third kappa shape index (κ3) is 2.50. The average Bonchev–Trinajstić information content (AvgIpc) is 3.47. The van der Waals surface area contributed by atoms with E-state index in [1.165, 1.54) is 6.20 Å². The van der Waals surface area contributed by atoms with Crippen molar-refractivity contribution in [2.24, 2.45) is 5.92 Å². The van der Waals surface area contributed by atoms with E-state index in [1.54, 1.807) is 17.0 Å². The van der Waals surface area contributed by atoms with Crippen molar-refractivity contribution in [3.8, 4) is 0 Å². The van der Waals surface area contributed by atoms with Crippen LogP contribution in [0.1, 0.15) is 53.0 Å². The highest BCUT2D eigenvalue weighted by molar-refractivity contribution is 5.93. The lowest BCUT2D eigenvalue weighted by Crippen LogP contribution is -2.49. The third-order valence-corrected chi connectivity index (χ3v) is 5.78. The van der Waals surface area contributed by atoms with Crippen LogP contribution in [0.2, 0.25) is 0 Å². The topological polar surface area (TPSA) is 88.1 Å². The molecule has 2 bridgehead atoms. The summed E-state index contributed by atoms with van der Waals surface area (Å²) in [6.45, 7) is 1.73. The van der Waals surface area contributed by atoms with Crippen LogP contribution in [-0.2, 0) is 6.54 Å². The van der Waals surface area contributed by atoms with Crippen molar-refractivity contribution in [1.29, 1.82) is 0 Å². The third-order valence-electron chi connectivity index (χ3n) is 5.78. The number of nitrogens with one attached hydrogen (secondary N) is 1. The SMILES string of the molecule is O=C(c1cnc(C2CC2)[nH]c1=O)N1C[C@@H]2C[C@@H](C1)c1cccc(=O)n1C2. The fraction of sp³-hybridized carbons (Fsp3) is 0.474. The minimum Gasteiger partial charge on any atom is -0.337 e. The van der Waals surface area contributed by atoms with Crippen molar-refractivity contribution in [2.75, 3.05) is 13.1 Å². The fourth-order valence-corrected chi connectivity index (χ4v) is 4.36. The Hall–Kier alpha value is -2.70. The predicted octanol–water partition coefficient (Wildman–Crippen LogP) is 1.07. The molecule has 1 N–H and O–H groups in total. The molecule has 2 atom stereocenters. The fourth-order valence-electron chi connectivity index (χ4n) is 4.36. The lowest BCUT2D eigenvalue weighted by molar-refractivity contribution is 0.0592. The lowest BCUT2D eigenvalue weighted by Gasteiger charge is -2.42. The van der Waals surface area contributed by atoms with Crippen molar-refractivity contribution in [1.82, 2.24) is 19.4 Å². The Balaban J connectivity index is 1.43. The molecular formula is C19H20N4O3. The van der Waals surface area contributed by atoms with E-state index in [4.69, 9.17) is 0 Å². The molecule has 5 rings (SSSR count). The minimum absolute atomic E-state index is 0.0216. The zero-order chi connectivity index (χ0) is 17.8. The molecule has 0 aromatic carbocycles. The summed E-state index contributed by atoms with van der Waals surface area (Å²) in [4.78, 5) is 46.2. The van der Waals surface area contributed by atoms with Gasteiger partial charge in [0.05, 0.1) is 0 Å². The van der Waals surface area contributed by atoms with Gasteiger partial charge >= 0.3 is 0 Å². The molecule has 2 fully saturated rings. The summed E-state index contributed by atoms with van der Waals surface area (Å²) in [6, 6.07) is 5.33. The second-order valence-corrected chi connectivity index (χ2v) is 7.69. The van der Waals surface area contributed by atoms with Gasteiger partial charge in [0.2, 0.25) is 0 Å². The number of carbonyl (C=O) groups excluding carboxylic acids is 1. The van der Waals surface area contributed by atoms with E-state index < -0.39 is 0 Å². The summed E-state index contributed by atoms with van der Waals surface area (Å²) < 4.78 is 1.83.